The quantitative estimate of drug-likeness (QED) is 0.544. The van der Waals surface area contributed by atoms with E-state index in [2.05, 4.69) is 0 Å². The summed E-state index contributed by atoms with van der Waals surface area (Å²) >= 11 is 0. The lowest BCUT2D eigenvalue weighted by molar-refractivity contribution is -0.174. The first-order valence-corrected chi connectivity index (χ1v) is 3.00. The van der Waals surface area contributed by atoms with Crippen LogP contribution in [0, 0.1) is 0 Å². The molecule has 0 saturated heterocycles. The highest BCUT2D eigenvalue weighted by atomic mass is 19.4. The molecular weight excluding hydrogens is 147 g/mol. The second-order valence-corrected chi connectivity index (χ2v) is 2.46. The van der Waals surface area contributed by atoms with Crippen LogP contribution in [0.4, 0.5) is 13.2 Å². The zero-order valence-electron chi connectivity index (χ0n) is 5.15. The lowest BCUT2D eigenvalue weighted by Crippen LogP contribution is -2.50. The van der Waals surface area contributed by atoms with Crippen LogP contribution in [-0.2, 0) is 0 Å². The van der Waals surface area contributed by atoms with Gasteiger partial charge in [0, 0.05) is 6.04 Å². The van der Waals surface area contributed by atoms with E-state index < -0.39 is 18.4 Å². The van der Waals surface area contributed by atoms with Gasteiger partial charge in [-0.25, -0.2) is 5.32 Å². The predicted octanol–water partition coefficient (Wildman–Crippen LogP) is 0.619. The van der Waals surface area contributed by atoms with Crippen LogP contribution in [0.5, 0.6) is 0 Å². The van der Waals surface area contributed by atoms with Gasteiger partial charge in [-0.1, -0.05) is 0 Å². The van der Waals surface area contributed by atoms with E-state index in [1.165, 1.54) is 5.32 Å². The minimum atomic E-state index is -4.30. The Kier molecular flexibility index (Phi) is 1.87. The van der Waals surface area contributed by atoms with E-state index >= 15 is 0 Å². The van der Waals surface area contributed by atoms with Crippen LogP contribution < -0.4 is 5.32 Å². The fraction of sp³-hybridized carbons (Fsp3) is 1.00. The summed E-state index contributed by atoms with van der Waals surface area (Å²) < 4.78 is 34.4. The minimum absolute atomic E-state index is 0.208. The van der Waals surface area contributed by atoms with Gasteiger partial charge in [0.05, 0.1) is 6.10 Å². The topological polar surface area (TPSA) is 32.3 Å². The zero-order valence-corrected chi connectivity index (χ0v) is 5.15. The average molecular weight is 155 g/mol. The summed E-state index contributed by atoms with van der Waals surface area (Å²) in [5, 5.41) is 10.0. The molecule has 0 heterocycles. The number of nitrogens with one attached hydrogen (secondary N) is 1. The summed E-state index contributed by atoms with van der Waals surface area (Å²) in [6, 6.07) is -0.574. The number of alkyl halides is 3. The molecule has 1 aliphatic rings. The third-order valence-corrected chi connectivity index (χ3v) is 1.48. The van der Waals surface area contributed by atoms with E-state index in [4.69, 9.17) is 5.11 Å². The highest BCUT2D eigenvalue weighted by Crippen LogP contribution is 2.23. The zero-order chi connectivity index (χ0) is 7.78. The second kappa shape index (κ2) is 2.39. The lowest BCUT2D eigenvalue weighted by Gasteiger charge is -2.32. The fourth-order valence-electron chi connectivity index (χ4n) is 0.937. The third-order valence-electron chi connectivity index (χ3n) is 1.48. The van der Waals surface area contributed by atoms with E-state index in [1.807, 2.05) is 0 Å². The maximum absolute atomic E-state index is 11.5. The molecule has 0 spiro atoms. The number of rotatable bonds is 1. The molecule has 5 heteroatoms. The smallest absolute Gasteiger partial charge is 0.393 e. The highest BCUT2D eigenvalue weighted by molar-refractivity contribution is 4.84. The van der Waals surface area contributed by atoms with Gasteiger partial charge in [0.25, 0.3) is 0 Å². The summed E-state index contributed by atoms with van der Waals surface area (Å²) in [6.45, 7) is 0. The Bertz CT molecular complexity index is 119. The first-order chi connectivity index (χ1) is 4.47. The molecule has 0 aromatic rings. The first-order valence-electron chi connectivity index (χ1n) is 3.00. The molecule has 0 amide bonds. The normalized spacial score (nSPS) is 33.6. The number of halogens is 3. The van der Waals surface area contributed by atoms with Crippen LogP contribution >= 0.6 is 0 Å². The van der Waals surface area contributed by atoms with Crippen molar-refractivity contribution in [3.8, 4) is 0 Å². The monoisotopic (exact) mass is 155 g/mol. The van der Waals surface area contributed by atoms with Crippen molar-refractivity contribution in [2.45, 2.75) is 31.3 Å². The van der Waals surface area contributed by atoms with Gasteiger partial charge in [0.1, 0.15) is 0 Å². The Labute approximate surface area is 56.0 Å². The molecule has 2 nitrogen and oxygen atoms in total. The minimum Gasteiger partial charge on any atom is -0.393 e. The standard InChI is InChI=1S/C5H8F3NO/c6-5(7,8)9-3-1-4(10)2-3/h3-4,9-10H,1-2H2. The van der Waals surface area contributed by atoms with Crippen molar-refractivity contribution in [3.63, 3.8) is 0 Å². The number of aliphatic hydroxyl groups excluding tert-OH is 1. The van der Waals surface area contributed by atoms with Crippen LogP contribution in [0.25, 0.3) is 0 Å². The molecule has 2 N–H and O–H groups in total. The maximum Gasteiger partial charge on any atom is 0.457 e. The van der Waals surface area contributed by atoms with Gasteiger partial charge >= 0.3 is 6.30 Å². The summed E-state index contributed by atoms with van der Waals surface area (Å²) in [5.74, 6) is 0. The van der Waals surface area contributed by atoms with Crippen molar-refractivity contribution in [3.05, 3.63) is 0 Å². The molecule has 0 bridgehead atoms. The van der Waals surface area contributed by atoms with Crippen molar-refractivity contribution in [1.29, 1.82) is 0 Å². The Morgan fingerprint density at radius 2 is 1.80 bits per heavy atom. The SMILES string of the molecule is OC1CC(NC(F)(F)F)C1. The fourth-order valence-corrected chi connectivity index (χ4v) is 0.937. The molecular formula is C5H8F3NO. The van der Waals surface area contributed by atoms with Crippen LogP contribution in [0.15, 0.2) is 0 Å². The summed E-state index contributed by atoms with van der Waals surface area (Å²) in [5.41, 5.74) is 0. The molecule has 60 valence electrons. The van der Waals surface area contributed by atoms with E-state index in [0.717, 1.165) is 0 Å². The van der Waals surface area contributed by atoms with Crippen molar-refractivity contribution >= 4 is 0 Å². The molecule has 1 saturated carbocycles. The molecule has 1 rings (SSSR count). The predicted molar refractivity (Wildman–Crippen MR) is 28.2 cm³/mol. The van der Waals surface area contributed by atoms with Gasteiger partial charge in [-0.3, -0.25) is 0 Å². The van der Waals surface area contributed by atoms with Crippen LogP contribution in [0.2, 0.25) is 0 Å². The van der Waals surface area contributed by atoms with Gasteiger partial charge in [0.2, 0.25) is 0 Å². The van der Waals surface area contributed by atoms with Crippen molar-refractivity contribution in [2.24, 2.45) is 0 Å². The van der Waals surface area contributed by atoms with E-state index in [1.54, 1.807) is 0 Å². The molecule has 0 aliphatic heterocycles. The van der Waals surface area contributed by atoms with E-state index in [9.17, 15) is 13.2 Å². The summed E-state index contributed by atoms with van der Waals surface area (Å²) in [4.78, 5) is 0. The number of aliphatic hydroxyl groups is 1. The molecule has 0 unspecified atom stereocenters. The molecule has 0 radical (unpaired) electrons. The highest BCUT2D eigenvalue weighted by Gasteiger charge is 2.37. The summed E-state index contributed by atoms with van der Waals surface area (Å²) in [7, 11) is 0. The van der Waals surface area contributed by atoms with Crippen molar-refractivity contribution in [1.82, 2.24) is 5.32 Å². The summed E-state index contributed by atoms with van der Waals surface area (Å²) in [6.07, 6.45) is -4.43. The maximum atomic E-state index is 11.5. The second-order valence-electron chi connectivity index (χ2n) is 2.46. The van der Waals surface area contributed by atoms with Crippen molar-refractivity contribution < 1.29 is 18.3 Å². The van der Waals surface area contributed by atoms with E-state index in [0.29, 0.717) is 0 Å². The third kappa shape index (κ3) is 2.15. The largest absolute Gasteiger partial charge is 0.457 e. The molecule has 10 heavy (non-hydrogen) atoms. The Hall–Kier alpha value is -0.290. The first kappa shape index (κ1) is 7.81. The van der Waals surface area contributed by atoms with Gasteiger partial charge in [-0.2, -0.15) is 13.2 Å². The Balaban J connectivity index is 2.16. The average Bonchev–Trinajstić information content (AvgIpc) is 1.57. The number of hydrogen-bond donors (Lipinski definition) is 2. The van der Waals surface area contributed by atoms with Crippen LogP contribution in [0.1, 0.15) is 12.8 Å². The van der Waals surface area contributed by atoms with Gasteiger partial charge in [0.15, 0.2) is 0 Å². The Morgan fingerprint density at radius 3 is 2.10 bits per heavy atom. The molecule has 0 atom stereocenters. The van der Waals surface area contributed by atoms with Gasteiger partial charge in [-0.05, 0) is 12.8 Å². The molecule has 1 aliphatic carbocycles. The molecule has 0 aromatic heterocycles. The van der Waals surface area contributed by atoms with Crippen LogP contribution in [-0.4, -0.2) is 23.6 Å². The van der Waals surface area contributed by atoms with E-state index in [-0.39, 0.29) is 12.8 Å². The molecule has 1 fully saturated rings. The molecule has 0 aromatic carbocycles. The van der Waals surface area contributed by atoms with Crippen molar-refractivity contribution in [2.75, 3.05) is 0 Å². The van der Waals surface area contributed by atoms with Crippen LogP contribution in [0.3, 0.4) is 0 Å². The van der Waals surface area contributed by atoms with Gasteiger partial charge in [-0.15, -0.1) is 0 Å². The Morgan fingerprint density at radius 1 is 1.30 bits per heavy atom. The number of hydrogen-bond acceptors (Lipinski definition) is 2. The lowest BCUT2D eigenvalue weighted by atomic mass is 9.90. The van der Waals surface area contributed by atoms with Gasteiger partial charge < -0.3 is 5.11 Å².